The van der Waals surface area contributed by atoms with Crippen LogP contribution in [-0.2, 0) is 4.79 Å². The molecule has 0 saturated heterocycles. The van der Waals surface area contributed by atoms with Crippen LogP contribution in [0.15, 0.2) is 18.2 Å². The number of benzene rings is 1. The highest BCUT2D eigenvalue weighted by Crippen LogP contribution is 2.22. The summed E-state index contributed by atoms with van der Waals surface area (Å²) in [5.74, 6) is -0.172. The molecule has 0 spiro atoms. The van der Waals surface area contributed by atoms with Crippen molar-refractivity contribution < 1.29 is 4.79 Å². The number of amides is 1. The maximum Gasteiger partial charge on any atom is 0.241 e. The van der Waals surface area contributed by atoms with Crippen LogP contribution in [0.2, 0.25) is 5.02 Å². The maximum absolute atomic E-state index is 11.6. The number of anilines is 1. The Hall–Kier alpha value is -1.57. The normalized spacial score (nSPS) is 11.6. The van der Waals surface area contributed by atoms with E-state index in [2.05, 4.69) is 10.6 Å². The van der Waals surface area contributed by atoms with Crippen LogP contribution in [-0.4, -0.2) is 19.0 Å². The molecule has 5 heteroatoms. The predicted octanol–water partition coefficient (Wildman–Crippen LogP) is 1.76. The van der Waals surface area contributed by atoms with Crippen molar-refractivity contribution in [2.75, 3.05) is 12.4 Å². The van der Waals surface area contributed by atoms with E-state index in [1.807, 2.05) is 6.07 Å². The summed E-state index contributed by atoms with van der Waals surface area (Å²) in [5.41, 5.74) is 0.970. The highest BCUT2D eigenvalue weighted by Gasteiger charge is 2.11. The molecule has 2 N–H and O–H groups in total. The van der Waals surface area contributed by atoms with Crippen LogP contribution in [0.5, 0.6) is 0 Å². The Morgan fingerprint density at radius 1 is 1.56 bits per heavy atom. The molecule has 0 saturated carbocycles. The molecule has 4 nitrogen and oxygen atoms in total. The molecule has 0 aliphatic carbocycles. The summed E-state index contributed by atoms with van der Waals surface area (Å²) < 4.78 is 0. The monoisotopic (exact) mass is 237 g/mol. The lowest BCUT2D eigenvalue weighted by Gasteiger charge is -2.12. The van der Waals surface area contributed by atoms with Crippen molar-refractivity contribution in [1.29, 1.82) is 5.26 Å². The zero-order chi connectivity index (χ0) is 12.1. The third kappa shape index (κ3) is 2.96. The van der Waals surface area contributed by atoms with E-state index in [9.17, 15) is 4.79 Å². The van der Waals surface area contributed by atoms with Gasteiger partial charge in [0.15, 0.2) is 0 Å². The standard InChI is InChI=1S/C11H12ClN3O/c1-7(14-2)11(16)15-10-4-3-8(6-13)5-9(10)12/h3-5,7,14H,1-2H3,(H,15,16). The molecular formula is C11H12ClN3O. The Labute approximate surface area is 99.2 Å². The lowest BCUT2D eigenvalue weighted by molar-refractivity contribution is -0.117. The van der Waals surface area contributed by atoms with E-state index in [0.717, 1.165) is 0 Å². The summed E-state index contributed by atoms with van der Waals surface area (Å²) in [6, 6.07) is 6.40. The minimum Gasteiger partial charge on any atom is -0.323 e. The van der Waals surface area contributed by atoms with Gasteiger partial charge in [0.25, 0.3) is 0 Å². The molecule has 0 bridgehead atoms. The van der Waals surface area contributed by atoms with Gasteiger partial charge in [-0.15, -0.1) is 0 Å². The van der Waals surface area contributed by atoms with Gasteiger partial charge < -0.3 is 10.6 Å². The number of nitrogens with one attached hydrogen (secondary N) is 2. The second-order valence-corrected chi connectivity index (χ2v) is 3.71. The number of carbonyl (C=O) groups excluding carboxylic acids is 1. The average Bonchev–Trinajstić information content (AvgIpc) is 2.30. The van der Waals surface area contributed by atoms with Gasteiger partial charge in [-0.3, -0.25) is 4.79 Å². The molecule has 1 atom stereocenters. The Kier molecular flexibility index (Phi) is 4.29. The molecule has 16 heavy (non-hydrogen) atoms. The van der Waals surface area contributed by atoms with Gasteiger partial charge in [-0.2, -0.15) is 5.26 Å². The van der Waals surface area contributed by atoms with Crippen molar-refractivity contribution in [2.45, 2.75) is 13.0 Å². The Balaban J connectivity index is 2.83. The van der Waals surface area contributed by atoms with Crippen molar-refractivity contribution in [3.8, 4) is 6.07 Å². The summed E-state index contributed by atoms with van der Waals surface area (Å²) in [7, 11) is 1.70. The molecule has 1 amide bonds. The third-order valence-electron chi connectivity index (χ3n) is 2.18. The number of hydrogen-bond donors (Lipinski definition) is 2. The number of nitriles is 1. The number of carbonyl (C=O) groups is 1. The molecular weight excluding hydrogens is 226 g/mol. The summed E-state index contributed by atoms with van der Waals surface area (Å²) in [6.45, 7) is 1.74. The van der Waals surface area contributed by atoms with Crippen molar-refractivity contribution in [3.05, 3.63) is 28.8 Å². The van der Waals surface area contributed by atoms with Crippen LogP contribution >= 0.6 is 11.6 Å². The number of hydrogen-bond acceptors (Lipinski definition) is 3. The van der Waals surface area contributed by atoms with Gasteiger partial charge in [0.1, 0.15) is 0 Å². The summed E-state index contributed by atoms with van der Waals surface area (Å²) in [6.07, 6.45) is 0. The van der Waals surface area contributed by atoms with E-state index in [4.69, 9.17) is 16.9 Å². The fourth-order valence-corrected chi connectivity index (χ4v) is 1.29. The topological polar surface area (TPSA) is 64.9 Å². The van der Waals surface area contributed by atoms with Gasteiger partial charge in [-0.1, -0.05) is 11.6 Å². The summed E-state index contributed by atoms with van der Waals surface area (Å²) in [5, 5.41) is 14.5. The van der Waals surface area contributed by atoms with Crippen LogP contribution in [0.25, 0.3) is 0 Å². The van der Waals surface area contributed by atoms with E-state index in [0.29, 0.717) is 16.3 Å². The molecule has 0 aliphatic heterocycles. The van der Waals surface area contributed by atoms with E-state index in [1.165, 1.54) is 6.07 Å². The predicted molar refractivity (Wildman–Crippen MR) is 63.3 cm³/mol. The first-order valence-corrected chi connectivity index (χ1v) is 5.14. The van der Waals surface area contributed by atoms with E-state index in [1.54, 1.807) is 26.1 Å². The van der Waals surface area contributed by atoms with E-state index in [-0.39, 0.29) is 11.9 Å². The first-order valence-electron chi connectivity index (χ1n) is 4.76. The lowest BCUT2D eigenvalue weighted by atomic mass is 10.2. The summed E-state index contributed by atoms with van der Waals surface area (Å²) >= 11 is 5.91. The van der Waals surface area contributed by atoms with Crippen molar-refractivity contribution in [1.82, 2.24) is 5.32 Å². The van der Waals surface area contributed by atoms with Gasteiger partial charge in [-0.05, 0) is 32.2 Å². The molecule has 0 heterocycles. The van der Waals surface area contributed by atoms with Gasteiger partial charge in [0.05, 0.1) is 28.4 Å². The molecule has 1 aromatic rings. The van der Waals surface area contributed by atoms with Crippen LogP contribution in [0.1, 0.15) is 12.5 Å². The molecule has 1 unspecified atom stereocenters. The SMILES string of the molecule is CNC(C)C(=O)Nc1ccc(C#N)cc1Cl. The largest absolute Gasteiger partial charge is 0.323 e. The summed E-state index contributed by atoms with van der Waals surface area (Å²) in [4.78, 5) is 11.6. The molecule has 0 radical (unpaired) electrons. The molecule has 0 aromatic heterocycles. The Morgan fingerprint density at radius 3 is 2.75 bits per heavy atom. The lowest BCUT2D eigenvalue weighted by Crippen LogP contribution is -2.35. The second kappa shape index (κ2) is 5.50. The van der Waals surface area contributed by atoms with Crippen molar-refractivity contribution in [2.24, 2.45) is 0 Å². The zero-order valence-corrected chi connectivity index (χ0v) is 9.80. The zero-order valence-electron chi connectivity index (χ0n) is 9.04. The minimum absolute atomic E-state index is 0.172. The maximum atomic E-state index is 11.6. The van der Waals surface area contributed by atoms with E-state index < -0.39 is 0 Å². The van der Waals surface area contributed by atoms with Crippen LogP contribution in [0, 0.1) is 11.3 Å². The van der Waals surface area contributed by atoms with Crippen LogP contribution in [0.4, 0.5) is 5.69 Å². The quantitative estimate of drug-likeness (QED) is 0.842. The first kappa shape index (κ1) is 12.5. The third-order valence-corrected chi connectivity index (χ3v) is 2.50. The number of rotatable bonds is 3. The molecule has 1 aromatic carbocycles. The Bertz CT molecular complexity index is 439. The first-order chi connectivity index (χ1) is 7.58. The van der Waals surface area contributed by atoms with Crippen molar-refractivity contribution in [3.63, 3.8) is 0 Å². The van der Waals surface area contributed by atoms with Crippen molar-refractivity contribution >= 4 is 23.2 Å². The molecule has 0 fully saturated rings. The van der Waals surface area contributed by atoms with Gasteiger partial charge in [-0.25, -0.2) is 0 Å². The van der Waals surface area contributed by atoms with Gasteiger partial charge >= 0.3 is 0 Å². The fourth-order valence-electron chi connectivity index (χ4n) is 1.06. The molecule has 84 valence electrons. The van der Waals surface area contributed by atoms with Crippen LogP contribution in [0.3, 0.4) is 0 Å². The van der Waals surface area contributed by atoms with Gasteiger partial charge in [0, 0.05) is 0 Å². The average molecular weight is 238 g/mol. The van der Waals surface area contributed by atoms with Gasteiger partial charge in [0.2, 0.25) is 5.91 Å². The highest BCUT2D eigenvalue weighted by molar-refractivity contribution is 6.33. The fraction of sp³-hybridized carbons (Fsp3) is 0.273. The number of nitrogens with zero attached hydrogens (tertiary/aromatic N) is 1. The molecule has 1 rings (SSSR count). The number of halogens is 1. The van der Waals surface area contributed by atoms with Crippen LogP contribution < -0.4 is 10.6 Å². The molecule has 0 aliphatic rings. The smallest absolute Gasteiger partial charge is 0.241 e. The second-order valence-electron chi connectivity index (χ2n) is 3.31. The highest BCUT2D eigenvalue weighted by atomic mass is 35.5. The van der Waals surface area contributed by atoms with E-state index >= 15 is 0 Å². The number of likely N-dealkylation sites (N-methyl/N-ethyl adjacent to an activating group) is 1. The Morgan fingerprint density at radius 2 is 2.25 bits per heavy atom. The minimum atomic E-state index is -0.299.